The Morgan fingerprint density at radius 2 is 2.00 bits per heavy atom. The summed E-state index contributed by atoms with van der Waals surface area (Å²) in [5.74, 6) is -0.752. The van der Waals surface area contributed by atoms with Crippen molar-refractivity contribution in [2.45, 2.75) is 19.5 Å². The van der Waals surface area contributed by atoms with Crippen LogP contribution < -0.4 is 0 Å². The van der Waals surface area contributed by atoms with Gasteiger partial charge in [0.15, 0.2) is 0 Å². The van der Waals surface area contributed by atoms with Crippen molar-refractivity contribution in [1.29, 1.82) is 0 Å². The number of esters is 1. The summed E-state index contributed by atoms with van der Waals surface area (Å²) >= 11 is 6.10. The molecule has 0 N–H and O–H groups in total. The van der Waals surface area contributed by atoms with Gasteiger partial charge in [-0.3, -0.25) is 0 Å². The first-order valence-electron chi connectivity index (χ1n) is 9.07. The molecule has 8 heteroatoms. The van der Waals surface area contributed by atoms with E-state index in [1.807, 2.05) is 0 Å². The van der Waals surface area contributed by atoms with Crippen LogP contribution in [0.3, 0.4) is 0 Å². The summed E-state index contributed by atoms with van der Waals surface area (Å²) in [5, 5.41) is 3.55. The number of ether oxygens (including phenoxy) is 1. The van der Waals surface area contributed by atoms with Crippen molar-refractivity contribution in [3.8, 4) is 5.69 Å². The lowest BCUT2D eigenvalue weighted by Crippen LogP contribution is -2.15. The minimum absolute atomic E-state index is 0.0481. The summed E-state index contributed by atoms with van der Waals surface area (Å²) in [6.45, 7) is 5.19. The van der Waals surface area contributed by atoms with Gasteiger partial charge in [-0.25, -0.2) is 9.48 Å². The molecule has 0 amide bonds. The number of aromatic nitrogens is 2. The van der Waals surface area contributed by atoms with Gasteiger partial charge in [-0.05, 0) is 48.7 Å². The van der Waals surface area contributed by atoms with E-state index in [0.29, 0.717) is 5.56 Å². The molecule has 0 unspecified atom stereocenters. The smallest absolute Gasteiger partial charge is 0.418 e. The Morgan fingerprint density at radius 1 is 1.30 bits per heavy atom. The van der Waals surface area contributed by atoms with E-state index in [-0.39, 0.29) is 29.7 Å². The summed E-state index contributed by atoms with van der Waals surface area (Å²) in [6.07, 6.45) is -0.254. The highest BCUT2D eigenvalue weighted by atomic mass is 35.5. The summed E-state index contributed by atoms with van der Waals surface area (Å²) in [5.41, 5.74) is 0.144. The molecule has 0 atom stereocenters. The quantitative estimate of drug-likeness (QED) is 0.450. The molecule has 3 rings (SSSR count). The van der Waals surface area contributed by atoms with E-state index in [0.717, 1.165) is 11.8 Å². The van der Waals surface area contributed by atoms with Crippen LogP contribution in [0, 0.1) is 0 Å². The monoisotopic (exact) mass is 434 g/mol. The Morgan fingerprint density at radius 3 is 2.53 bits per heavy atom. The van der Waals surface area contributed by atoms with Crippen LogP contribution in [0.15, 0.2) is 55.4 Å². The maximum absolute atomic E-state index is 13.8. The van der Waals surface area contributed by atoms with Crippen LogP contribution in [0.2, 0.25) is 5.02 Å². The molecule has 0 bridgehead atoms. The van der Waals surface area contributed by atoms with Crippen LogP contribution in [0.5, 0.6) is 0 Å². The molecular formula is C22H18ClF3N2O2. The predicted octanol–water partition coefficient (Wildman–Crippen LogP) is 5.96. The topological polar surface area (TPSA) is 44.1 Å². The van der Waals surface area contributed by atoms with Gasteiger partial charge in [-0.15, -0.1) is 0 Å². The normalized spacial score (nSPS) is 11.4. The second-order valence-corrected chi connectivity index (χ2v) is 6.78. The third-order valence-electron chi connectivity index (χ3n) is 4.47. The van der Waals surface area contributed by atoms with E-state index in [2.05, 4.69) is 11.7 Å². The first kappa shape index (κ1) is 21.6. The van der Waals surface area contributed by atoms with E-state index >= 15 is 0 Å². The van der Waals surface area contributed by atoms with Crippen molar-refractivity contribution in [1.82, 2.24) is 9.78 Å². The van der Waals surface area contributed by atoms with E-state index in [1.165, 1.54) is 6.07 Å². The van der Waals surface area contributed by atoms with Crippen molar-refractivity contribution in [2.24, 2.45) is 0 Å². The van der Waals surface area contributed by atoms with Gasteiger partial charge in [-0.1, -0.05) is 36.4 Å². The molecule has 0 aliphatic rings. The van der Waals surface area contributed by atoms with Crippen molar-refractivity contribution in [3.63, 3.8) is 0 Å². The number of hydrogen-bond acceptors (Lipinski definition) is 3. The second-order valence-electron chi connectivity index (χ2n) is 6.40. The zero-order valence-electron chi connectivity index (χ0n) is 16.0. The molecule has 0 spiro atoms. The van der Waals surface area contributed by atoms with Crippen LogP contribution in [0.4, 0.5) is 13.2 Å². The van der Waals surface area contributed by atoms with Crippen LogP contribution in [0.1, 0.15) is 39.5 Å². The maximum Gasteiger partial charge on any atom is 0.418 e. The number of alkyl halides is 3. The highest BCUT2D eigenvalue weighted by Gasteiger charge is 2.38. The van der Waals surface area contributed by atoms with Gasteiger partial charge in [0.05, 0.1) is 28.4 Å². The van der Waals surface area contributed by atoms with Gasteiger partial charge in [0.1, 0.15) is 0 Å². The number of halogens is 4. The van der Waals surface area contributed by atoms with Crippen LogP contribution in [0.25, 0.3) is 11.8 Å². The third kappa shape index (κ3) is 4.41. The largest absolute Gasteiger partial charge is 0.462 e. The van der Waals surface area contributed by atoms with Crippen LogP contribution in [-0.2, 0) is 17.3 Å². The molecule has 30 heavy (non-hydrogen) atoms. The molecule has 0 saturated heterocycles. The average Bonchev–Trinajstić information content (AvgIpc) is 3.22. The minimum Gasteiger partial charge on any atom is -0.462 e. The Hall–Kier alpha value is -3.06. The number of carbonyl (C=O) groups excluding carboxylic acids is 1. The van der Waals surface area contributed by atoms with Gasteiger partial charge < -0.3 is 4.74 Å². The molecule has 4 nitrogen and oxygen atoms in total. The summed E-state index contributed by atoms with van der Waals surface area (Å²) < 4.78 is 48.1. The number of rotatable bonds is 6. The molecule has 2 aromatic carbocycles. The van der Waals surface area contributed by atoms with Gasteiger partial charge in [0, 0.05) is 18.0 Å². The van der Waals surface area contributed by atoms with Crippen molar-refractivity contribution in [3.05, 3.63) is 88.2 Å². The molecule has 1 heterocycles. The minimum atomic E-state index is -4.70. The number of nitrogens with zero attached hydrogens (tertiary/aromatic N) is 2. The Kier molecular flexibility index (Phi) is 6.31. The van der Waals surface area contributed by atoms with Crippen LogP contribution >= 0.6 is 11.6 Å². The first-order chi connectivity index (χ1) is 14.3. The first-order valence-corrected chi connectivity index (χ1v) is 9.45. The van der Waals surface area contributed by atoms with Gasteiger partial charge >= 0.3 is 12.1 Å². The van der Waals surface area contributed by atoms with E-state index in [9.17, 15) is 18.0 Å². The lowest BCUT2D eigenvalue weighted by Gasteiger charge is -2.19. The van der Waals surface area contributed by atoms with Gasteiger partial charge in [-0.2, -0.15) is 18.3 Å². The number of hydrogen-bond donors (Lipinski definition) is 0. The highest BCUT2D eigenvalue weighted by Crippen LogP contribution is 2.41. The average molecular weight is 435 g/mol. The Balaban J connectivity index is 2.07. The Bertz CT molecular complexity index is 1060. The van der Waals surface area contributed by atoms with Gasteiger partial charge in [0.2, 0.25) is 0 Å². The molecule has 156 valence electrons. The molecule has 0 aliphatic heterocycles. The highest BCUT2D eigenvalue weighted by molar-refractivity contribution is 6.33. The molecule has 0 radical (unpaired) electrons. The third-order valence-corrected chi connectivity index (χ3v) is 4.86. The molecular weight excluding hydrogens is 417 g/mol. The molecule has 3 aromatic rings. The zero-order chi connectivity index (χ0) is 21.9. The van der Waals surface area contributed by atoms with E-state index < -0.39 is 22.7 Å². The van der Waals surface area contributed by atoms with Crippen molar-refractivity contribution in [2.75, 3.05) is 6.61 Å². The van der Waals surface area contributed by atoms with Gasteiger partial charge in [0.25, 0.3) is 0 Å². The maximum atomic E-state index is 13.8. The lowest BCUT2D eigenvalue weighted by molar-refractivity contribution is -0.138. The second kappa shape index (κ2) is 8.75. The fourth-order valence-electron chi connectivity index (χ4n) is 3.15. The summed E-state index contributed by atoms with van der Waals surface area (Å²) in [7, 11) is 0. The Labute approximate surface area is 176 Å². The molecule has 0 saturated carbocycles. The lowest BCUT2D eigenvalue weighted by atomic mass is 9.93. The summed E-state index contributed by atoms with van der Waals surface area (Å²) in [6, 6.07) is 9.87. The summed E-state index contributed by atoms with van der Waals surface area (Å²) in [4.78, 5) is 12.3. The predicted molar refractivity (Wildman–Crippen MR) is 109 cm³/mol. The van der Waals surface area contributed by atoms with E-state index in [4.69, 9.17) is 16.3 Å². The molecule has 1 aromatic heterocycles. The fourth-order valence-corrected chi connectivity index (χ4v) is 3.56. The fraction of sp³-hybridized carbons (Fsp3) is 0.182. The standard InChI is InChI=1S/C22H18ClF3N2O2/c1-3-17-18(21(29)30-4-2)13-15(19(20(17)23)22(24,25)26)12-14-6-8-16(9-7-14)28-11-5-10-27-28/h3,5-11,13H,1,4,12H2,2H3. The van der Waals surface area contributed by atoms with Crippen molar-refractivity contribution < 1.29 is 22.7 Å². The van der Waals surface area contributed by atoms with Crippen molar-refractivity contribution >= 4 is 23.6 Å². The SMILES string of the molecule is C=Cc1c(C(=O)OCC)cc(Cc2ccc(-n3cccn3)cc2)c(C(F)(F)F)c1Cl. The molecule has 0 fully saturated rings. The zero-order valence-corrected chi connectivity index (χ0v) is 16.8. The number of carbonyl (C=O) groups is 1. The van der Waals surface area contributed by atoms with Crippen LogP contribution in [-0.4, -0.2) is 22.4 Å². The number of benzene rings is 2. The molecule has 0 aliphatic carbocycles. The van der Waals surface area contributed by atoms with E-state index in [1.54, 1.807) is 54.3 Å².